The molecule has 0 aromatic rings. The molecule has 2 aliphatic carbocycles. The molecular weight excluding hydrogens is 316 g/mol. The van der Waals surface area contributed by atoms with Crippen molar-refractivity contribution in [1.82, 2.24) is 0 Å². The van der Waals surface area contributed by atoms with Crippen molar-refractivity contribution in [3.63, 3.8) is 0 Å². The molecule has 0 aromatic heterocycles. The van der Waals surface area contributed by atoms with E-state index in [0.29, 0.717) is 18.3 Å². The number of aliphatic carboxylic acids is 1. The van der Waals surface area contributed by atoms with Crippen molar-refractivity contribution in [2.75, 3.05) is 7.11 Å². The maximum atomic E-state index is 11.7. The van der Waals surface area contributed by atoms with E-state index in [9.17, 15) is 9.90 Å². The lowest BCUT2D eigenvalue weighted by atomic mass is 9.77. The summed E-state index contributed by atoms with van der Waals surface area (Å²) in [5.41, 5.74) is 2.94. The number of hydrogen-bond donors (Lipinski definition) is 1. The van der Waals surface area contributed by atoms with Gasteiger partial charge in [-0.2, -0.15) is 0 Å². The second kappa shape index (κ2) is 6.93. The first-order valence-electron chi connectivity index (χ1n) is 8.70. The summed E-state index contributed by atoms with van der Waals surface area (Å²) in [5.74, 6) is -1.64. The van der Waals surface area contributed by atoms with Gasteiger partial charge in [0.05, 0.1) is 6.10 Å². The van der Waals surface area contributed by atoms with Gasteiger partial charge in [-0.05, 0) is 44.1 Å². The molecule has 0 aromatic carbocycles. The van der Waals surface area contributed by atoms with Crippen LogP contribution in [0.25, 0.3) is 0 Å². The fourth-order valence-corrected chi connectivity index (χ4v) is 4.26. The predicted molar refractivity (Wildman–Crippen MR) is 99.0 cm³/mol. The van der Waals surface area contributed by atoms with Crippen LogP contribution in [0.15, 0.2) is 48.6 Å². The van der Waals surface area contributed by atoms with Crippen LogP contribution >= 0.6 is 0 Å². The fourth-order valence-electron chi connectivity index (χ4n) is 4.26. The Labute approximate surface area is 150 Å². The lowest BCUT2D eigenvalue weighted by Gasteiger charge is -2.35. The first-order chi connectivity index (χ1) is 11.5. The molecule has 2 saturated carbocycles. The van der Waals surface area contributed by atoms with Gasteiger partial charge < -0.3 is 14.6 Å². The number of hydrogen-bond acceptors (Lipinski definition) is 3. The van der Waals surface area contributed by atoms with E-state index in [1.807, 2.05) is 13.8 Å². The highest BCUT2D eigenvalue weighted by atomic mass is 16.7. The van der Waals surface area contributed by atoms with E-state index in [1.165, 1.54) is 0 Å². The minimum Gasteiger partial charge on any atom is -0.478 e. The quantitative estimate of drug-likeness (QED) is 0.457. The monoisotopic (exact) mass is 346 g/mol. The molecule has 3 unspecified atom stereocenters. The third-order valence-corrected chi connectivity index (χ3v) is 5.82. The number of fused-ring (bicyclic) bond motifs is 1. The van der Waals surface area contributed by atoms with Gasteiger partial charge in [0, 0.05) is 24.5 Å². The van der Waals surface area contributed by atoms with E-state index in [0.717, 1.165) is 23.1 Å². The SMILES string of the molecule is C=C1CC2C(C1=C)C(=C)C(C(=C)C(=O)O)[C@@H](OC(C)(C)OC)C[C@H]2C. The van der Waals surface area contributed by atoms with Gasteiger partial charge in [0.1, 0.15) is 0 Å². The van der Waals surface area contributed by atoms with E-state index >= 15 is 0 Å². The Morgan fingerprint density at radius 1 is 1.28 bits per heavy atom. The first kappa shape index (κ1) is 19.7. The number of carboxylic acids is 1. The van der Waals surface area contributed by atoms with Crippen LogP contribution in [0.1, 0.15) is 33.6 Å². The molecule has 2 fully saturated rings. The van der Waals surface area contributed by atoms with E-state index < -0.39 is 17.7 Å². The summed E-state index contributed by atoms with van der Waals surface area (Å²) in [5, 5.41) is 9.57. The van der Waals surface area contributed by atoms with Crippen molar-refractivity contribution in [3.05, 3.63) is 48.6 Å². The van der Waals surface area contributed by atoms with Gasteiger partial charge in [-0.1, -0.05) is 44.4 Å². The van der Waals surface area contributed by atoms with Crippen LogP contribution in [0.4, 0.5) is 0 Å². The van der Waals surface area contributed by atoms with Crippen molar-refractivity contribution in [1.29, 1.82) is 0 Å². The average Bonchev–Trinajstić information content (AvgIpc) is 2.77. The molecule has 0 spiro atoms. The lowest BCUT2D eigenvalue weighted by molar-refractivity contribution is -0.231. The Bertz CT molecular complexity index is 628. The van der Waals surface area contributed by atoms with Gasteiger partial charge in [0.2, 0.25) is 0 Å². The number of allylic oxidation sites excluding steroid dienone is 2. The molecule has 0 heterocycles. The zero-order chi connectivity index (χ0) is 19.1. The van der Waals surface area contributed by atoms with Gasteiger partial charge in [0.15, 0.2) is 5.79 Å². The van der Waals surface area contributed by atoms with E-state index in [1.54, 1.807) is 7.11 Å². The van der Waals surface area contributed by atoms with Crippen LogP contribution in [0.5, 0.6) is 0 Å². The molecule has 0 amide bonds. The number of carbonyl (C=O) groups is 1. The molecule has 4 nitrogen and oxygen atoms in total. The van der Waals surface area contributed by atoms with Crippen LogP contribution in [-0.2, 0) is 14.3 Å². The minimum atomic E-state index is -1.02. The summed E-state index contributed by atoms with van der Waals surface area (Å²) >= 11 is 0. The first-order valence-corrected chi connectivity index (χ1v) is 8.70. The van der Waals surface area contributed by atoms with Gasteiger partial charge >= 0.3 is 5.97 Å². The second-order valence-corrected chi connectivity index (χ2v) is 7.83. The van der Waals surface area contributed by atoms with Crippen LogP contribution < -0.4 is 0 Å². The van der Waals surface area contributed by atoms with Gasteiger partial charge in [-0.3, -0.25) is 0 Å². The molecular formula is C21H30O4. The number of rotatable bonds is 5. The fraction of sp³-hybridized carbons (Fsp3) is 0.571. The van der Waals surface area contributed by atoms with Crippen molar-refractivity contribution < 1.29 is 19.4 Å². The average molecular weight is 346 g/mol. The summed E-state index contributed by atoms with van der Waals surface area (Å²) in [6.45, 7) is 22.3. The Balaban J connectivity index is 2.48. The lowest BCUT2D eigenvalue weighted by Crippen LogP contribution is -2.39. The minimum absolute atomic E-state index is 0.0304. The Morgan fingerprint density at radius 2 is 1.88 bits per heavy atom. The van der Waals surface area contributed by atoms with Crippen LogP contribution in [0.3, 0.4) is 0 Å². The largest absolute Gasteiger partial charge is 0.478 e. The molecule has 4 heteroatoms. The number of ether oxygens (including phenoxy) is 2. The zero-order valence-corrected chi connectivity index (χ0v) is 15.8. The molecule has 1 N–H and O–H groups in total. The highest BCUT2D eigenvalue weighted by Crippen LogP contribution is 2.53. The molecule has 2 rings (SSSR count). The summed E-state index contributed by atoms with van der Waals surface area (Å²) < 4.78 is 11.6. The van der Waals surface area contributed by atoms with Crippen LogP contribution in [0.2, 0.25) is 0 Å². The van der Waals surface area contributed by atoms with Crippen LogP contribution in [-0.4, -0.2) is 30.1 Å². The summed E-state index contributed by atoms with van der Waals surface area (Å²) in [6, 6.07) is 0. The highest BCUT2D eigenvalue weighted by Gasteiger charge is 2.48. The number of methoxy groups -OCH3 is 1. The van der Waals surface area contributed by atoms with Crippen molar-refractivity contribution in [2.45, 2.75) is 45.5 Å². The molecule has 138 valence electrons. The highest BCUT2D eigenvalue weighted by molar-refractivity contribution is 5.87. The van der Waals surface area contributed by atoms with Crippen molar-refractivity contribution in [2.24, 2.45) is 23.7 Å². The molecule has 0 radical (unpaired) electrons. The van der Waals surface area contributed by atoms with Gasteiger partial charge in [-0.25, -0.2) is 4.79 Å². The summed E-state index contributed by atoms with van der Waals surface area (Å²) in [6.07, 6.45) is 1.23. The Hall–Kier alpha value is -1.65. The Kier molecular flexibility index (Phi) is 5.45. The molecule has 0 aliphatic heterocycles. The van der Waals surface area contributed by atoms with E-state index in [4.69, 9.17) is 9.47 Å². The van der Waals surface area contributed by atoms with Crippen molar-refractivity contribution >= 4 is 5.97 Å². The smallest absolute Gasteiger partial charge is 0.331 e. The maximum absolute atomic E-state index is 11.7. The summed E-state index contributed by atoms with van der Waals surface area (Å²) in [7, 11) is 1.58. The Morgan fingerprint density at radius 3 is 2.40 bits per heavy atom. The van der Waals surface area contributed by atoms with Gasteiger partial charge in [-0.15, -0.1) is 0 Å². The number of carboxylic acid groups (broad SMARTS) is 1. The third-order valence-electron chi connectivity index (χ3n) is 5.82. The standard InChI is InChI=1S/C21H30O4/c1-11-9-16-12(2)10-17(25-21(6,7)24-8)19(15(5)20(22)23)14(4)18(16)13(11)3/h12,16-19H,1,3-5,9-10H2,2,6-8H3,(H,22,23)/t12-,16?,17+,18?,19?/m1/s1. The summed E-state index contributed by atoms with van der Waals surface area (Å²) in [4.78, 5) is 11.7. The van der Waals surface area contributed by atoms with Gasteiger partial charge in [0.25, 0.3) is 0 Å². The normalized spacial score (nSPS) is 33.1. The predicted octanol–water partition coefficient (Wildman–Crippen LogP) is 4.36. The molecule has 0 bridgehead atoms. The molecule has 2 aliphatic rings. The molecule has 0 saturated heterocycles. The second-order valence-electron chi connectivity index (χ2n) is 7.83. The van der Waals surface area contributed by atoms with E-state index in [2.05, 4.69) is 33.2 Å². The third kappa shape index (κ3) is 3.65. The zero-order valence-electron chi connectivity index (χ0n) is 15.8. The topological polar surface area (TPSA) is 55.8 Å². The van der Waals surface area contributed by atoms with Crippen LogP contribution in [0, 0.1) is 23.7 Å². The molecule has 5 atom stereocenters. The maximum Gasteiger partial charge on any atom is 0.331 e. The molecule has 25 heavy (non-hydrogen) atoms. The van der Waals surface area contributed by atoms with E-state index in [-0.39, 0.29) is 17.6 Å². The van der Waals surface area contributed by atoms with Crippen molar-refractivity contribution in [3.8, 4) is 0 Å².